The number of carbonyl (C=O) groups is 3. The number of aliphatic hydroxyl groups is 1. The van der Waals surface area contributed by atoms with Crippen molar-refractivity contribution in [3.8, 4) is 0 Å². The van der Waals surface area contributed by atoms with Gasteiger partial charge in [0.1, 0.15) is 0 Å². The molecule has 2 N–H and O–H groups in total. The van der Waals surface area contributed by atoms with Crippen molar-refractivity contribution in [1.29, 1.82) is 0 Å². The normalized spacial score (nSPS) is 11.9. The van der Waals surface area contributed by atoms with Gasteiger partial charge in [0, 0.05) is 6.42 Å². The highest BCUT2D eigenvalue weighted by molar-refractivity contribution is 5.88. The molecule has 0 spiro atoms. The third-order valence-corrected chi connectivity index (χ3v) is 4.86. The summed E-state index contributed by atoms with van der Waals surface area (Å²) in [7, 11) is 0. The summed E-state index contributed by atoms with van der Waals surface area (Å²) in [5, 5.41) is 17.5. The fourth-order valence-electron chi connectivity index (χ4n) is 3.11. The molecule has 0 bridgehead atoms. The number of hydrogen-bond donors (Lipinski definition) is 2. The minimum absolute atomic E-state index is 0.146. The van der Waals surface area contributed by atoms with Crippen LogP contribution in [0, 0.1) is 0 Å². The Morgan fingerprint density at radius 2 is 1.07 bits per heavy atom. The second-order valence-electron chi connectivity index (χ2n) is 7.60. The first-order valence-corrected chi connectivity index (χ1v) is 11.1. The Morgan fingerprint density at radius 1 is 0.679 bits per heavy atom. The van der Waals surface area contributed by atoms with E-state index in [4.69, 9.17) is 10.2 Å². The topological polar surface area (TPSA) is 101 Å². The average molecular weight is 401 g/mol. The molecular weight excluding hydrogens is 360 g/mol. The maximum atomic E-state index is 11.5. The SMILES string of the molecule is CCCCCCCCCCCCCCCCCC(=O)OC(=O)CC(O)C(=O)O. The molecule has 0 heterocycles. The zero-order chi connectivity index (χ0) is 21.0. The monoisotopic (exact) mass is 400 g/mol. The first-order chi connectivity index (χ1) is 13.5. The van der Waals surface area contributed by atoms with Gasteiger partial charge >= 0.3 is 17.9 Å². The van der Waals surface area contributed by atoms with Crippen LogP contribution in [-0.4, -0.2) is 34.2 Å². The quantitative estimate of drug-likeness (QED) is 0.177. The smallest absolute Gasteiger partial charge is 0.333 e. The molecule has 0 aliphatic carbocycles. The third kappa shape index (κ3) is 18.0. The molecule has 0 aromatic rings. The Balaban J connectivity index is 3.33. The van der Waals surface area contributed by atoms with Crippen LogP contribution in [-0.2, 0) is 19.1 Å². The van der Waals surface area contributed by atoms with Gasteiger partial charge in [0.15, 0.2) is 6.10 Å². The Morgan fingerprint density at radius 3 is 1.46 bits per heavy atom. The summed E-state index contributed by atoms with van der Waals surface area (Å²) in [6, 6.07) is 0. The van der Waals surface area contributed by atoms with E-state index in [-0.39, 0.29) is 6.42 Å². The van der Waals surface area contributed by atoms with Crippen molar-refractivity contribution < 1.29 is 29.3 Å². The highest BCUT2D eigenvalue weighted by Gasteiger charge is 2.20. The van der Waals surface area contributed by atoms with Crippen LogP contribution in [0.5, 0.6) is 0 Å². The van der Waals surface area contributed by atoms with Crippen LogP contribution in [0.2, 0.25) is 0 Å². The van der Waals surface area contributed by atoms with Crippen molar-refractivity contribution in [3.05, 3.63) is 0 Å². The van der Waals surface area contributed by atoms with E-state index in [9.17, 15) is 14.4 Å². The molecule has 0 rings (SSSR count). The van der Waals surface area contributed by atoms with E-state index in [0.717, 1.165) is 19.3 Å². The van der Waals surface area contributed by atoms with E-state index in [1.165, 1.54) is 70.6 Å². The number of carboxylic acids is 1. The van der Waals surface area contributed by atoms with Crippen LogP contribution < -0.4 is 0 Å². The van der Waals surface area contributed by atoms with Crippen molar-refractivity contribution in [3.63, 3.8) is 0 Å². The van der Waals surface area contributed by atoms with Crippen LogP contribution in [0.25, 0.3) is 0 Å². The molecule has 1 unspecified atom stereocenters. The summed E-state index contributed by atoms with van der Waals surface area (Å²) in [6.07, 6.45) is 16.1. The third-order valence-electron chi connectivity index (χ3n) is 4.86. The first kappa shape index (κ1) is 26.6. The maximum Gasteiger partial charge on any atom is 0.333 e. The molecule has 0 amide bonds. The van der Waals surface area contributed by atoms with Crippen molar-refractivity contribution >= 4 is 17.9 Å². The second kappa shape index (κ2) is 18.9. The fourth-order valence-corrected chi connectivity index (χ4v) is 3.11. The molecule has 1 atom stereocenters. The number of unbranched alkanes of at least 4 members (excludes halogenated alkanes) is 14. The van der Waals surface area contributed by atoms with Crippen molar-refractivity contribution in [2.24, 2.45) is 0 Å². The number of aliphatic carboxylic acids is 1. The summed E-state index contributed by atoms with van der Waals surface area (Å²) in [4.78, 5) is 33.1. The first-order valence-electron chi connectivity index (χ1n) is 11.1. The molecule has 0 radical (unpaired) electrons. The summed E-state index contributed by atoms with van der Waals surface area (Å²) < 4.78 is 4.49. The van der Waals surface area contributed by atoms with Gasteiger partial charge in [0.05, 0.1) is 6.42 Å². The number of ether oxygens (including phenoxy) is 1. The van der Waals surface area contributed by atoms with Gasteiger partial charge < -0.3 is 14.9 Å². The lowest BCUT2D eigenvalue weighted by Crippen LogP contribution is -2.25. The van der Waals surface area contributed by atoms with E-state index in [0.29, 0.717) is 6.42 Å². The van der Waals surface area contributed by atoms with E-state index in [1.807, 2.05) is 0 Å². The van der Waals surface area contributed by atoms with Crippen LogP contribution in [0.15, 0.2) is 0 Å². The largest absolute Gasteiger partial charge is 0.479 e. The van der Waals surface area contributed by atoms with Crippen LogP contribution in [0.1, 0.15) is 116 Å². The van der Waals surface area contributed by atoms with Crippen molar-refractivity contribution in [2.45, 2.75) is 122 Å². The highest BCUT2D eigenvalue weighted by atomic mass is 16.6. The van der Waals surface area contributed by atoms with Gasteiger partial charge in [0.25, 0.3) is 0 Å². The lowest BCUT2D eigenvalue weighted by molar-refractivity contribution is -0.164. The predicted molar refractivity (Wildman–Crippen MR) is 109 cm³/mol. The molecule has 0 fully saturated rings. The molecule has 0 aromatic carbocycles. The zero-order valence-corrected chi connectivity index (χ0v) is 17.6. The number of rotatable bonds is 19. The number of esters is 2. The minimum Gasteiger partial charge on any atom is -0.479 e. The lowest BCUT2D eigenvalue weighted by atomic mass is 10.0. The van der Waals surface area contributed by atoms with Crippen molar-refractivity contribution in [1.82, 2.24) is 0 Å². The van der Waals surface area contributed by atoms with Gasteiger partial charge in [0.2, 0.25) is 0 Å². The van der Waals surface area contributed by atoms with E-state index >= 15 is 0 Å². The summed E-state index contributed by atoms with van der Waals surface area (Å²) in [6.45, 7) is 2.25. The Kier molecular flexibility index (Phi) is 17.9. The lowest BCUT2D eigenvalue weighted by Gasteiger charge is -2.05. The highest BCUT2D eigenvalue weighted by Crippen LogP contribution is 2.13. The Labute approximate surface area is 170 Å². The second-order valence-corrected chi connectivity index (χ2v) is 7.60. The molecule has 6 nitrogen and oxygen atoms in total. The van der Waals surface area contributed by atoms with Gasteiger partial charge in [-0.2, -0.15) is 0 Å². The Bertz CT molecular complexity index is 421. The van der Waals surface area contributed by atoms with Crippen LogP contribution in [0.3, 0.4) is 0 Å². The molecule has 164 valence electrons. The molecule has 0 saturated heterocycles. The van der Waals surface area contributed by atoms with E-state index in [1.54, 1.807) is 0 Å². The molecular formula is C22H40O6. The number of carboxylic acid groups (broad SMARTS) is 1. The van der Waals surface area contributed by atoms with Crippen molar-refractivity contribution in [2.75, 3.05) is 0 Å². The molecule has 0 saturated carbocycles. The molecule has 28 heavy (non-hydrogen) atoms. The van der Waals surface area contributed by atoms with Gasteiger partial charge in [-0.3, -0.25) is 9.59 Å². The zero-order valence-electron chi connectivity index (χ0n) is 17.6. The number of carbonyl (C=O) groups excluding carboxylic acids is 2. The van der Waals surface area contributed by atoms with E-state index < -0.39 is 30.4 Å². The van der Waals surface area contributed by atoms with Gasteiger partial charge in [-0.1, -0.05) is 96.8 Å². The fraction of sp³-hybridized carbons (Fsp3) is 0.864. The van der Waals surface area contributed by atoms with Gasteiger partial charge in [-0.25, -0.2) is 4.79 Å². The number of aliphatic hydroxyl groups excluding tert-OH is 1. The van der Waals surface area contributed by atoms with Crippen LogP contribution >= 0.6 is 0 Å². The standard InChI is InChI=1S/C22H40O6/c1-2-3-4-5-6-7-8-9-10-11-12-13-14-15-16-17-20(24)28-21(25)18-19(23)22(26)27/h19,23H,2-18H2,1H3,(H,26,27). The summed E-state index contributed by atoms with van der Waals surface area (Å²) in [5.41, 5.74) is 0. The Hall–Kier alpha value is -1.43. The van der Waals surface area contributed by atoms with Gasteiger partial charge in [-0.05, 0) is 6.42 Å². The summed E-state index contributed by atoms with van der Waals surface area (Å²) in [5.74, 6) is -3.16. The molecule has 0 aliphatic heterocycles. The minimum atomic E-state index is -1.83. The summed E-state index contributed by atoms with van der Waals surface area (Å²) >= 11 is 0. The van der Waals surface area contributed by atoms with Gasteiger partial charge in [-0.15, -0.1) is 0 Å². The average Bonchev–Trinajstić information content (AvgIpc) is 2.64. The number of hydrogen-bond acceptors (Lipinski definition) is 5. The van der Waals surface area contributed by atoms with Crippen LogP contribution in [0.4, 0.5) is 0 Å². The molecule has 0 aromatic heterocycles. The van der Waals surface area contributed by atoms with E-state index in [2.05, 4.69) is 11.7 Å². The molecule has 0 aliphatic rings. The maximum absolute atomic E-state index is 11.5. The predicted octanol–water partition coefficient (Wildman–Crippen LogP) is 5.15. The molecule has 6 heteroatoms.